The van der Waals surface area contributed by atoms with Crippen molar-refractivity contribution >= 4 is 22.1 Å². The van der Waals surface area contributed by atoms with E-state index in [-0.39, 0.29) is 5.92 Å². The van der Waals surface area contributed by atoms with Crippen LogP contribution >= 0.6 is 0 Å². The van der Waals surface area contributed by atoms with Gasteiger partial charge in [0, 0.05) is 17.8 Å². The van der Waals surface area contributed by atoms with Gasteiger partial charge in [-0.25, -0.2) is 9.97 Å². The number of ether oxygens (including phenoxy) is 2. The first-order valence-corrected chi connectivity index (χ1v) is 9.91. The number of nitrogens with one attached hydrogen (secondary N) is 1. The van der Waals surface area contributed by atoms with Crippen LogP contribution in [0.5, 0.6) is 11.5 Å². The topological polar surface area (TPSA) is 73.2 Å². The van der Waals surface area contributed by atoms with E-state index in [0.29, 0.717) is 12.5 Å². The maximum Gasteiger partial charge on any atom is 0.202 e. The number of hydrogen-bond acceptors (Lipinski definition) is 5. The Morgan fingerprint density at radius 2 is 2.07 bits per heavy atom. The van der Waals surface area contributed by atoms with Crippen LogP contribution in [0.1, 0.15) is 17.4 Å². The maximum atomic E-state index is 6.10. The number of pyridine rings is 1. The molecule has 0 saturated heterocycles. The Hall–Kier alpha value is -3.80. The molecular weight excluding hydrogens is 378 g/mol. The molecule has 4 heterocycles. The van der Waals surface area contributed by atoms with Crippen molar-refractivity contribution in [3.63, 3.8) is 0 Å². The summed E-state index contributed by atoms with van der Waals surface area (Å²) < 4.78 is 17.4. The van der Waals surface area contributed by atoms with Gasteiger partial charge < -0.3 is 18.9 Å². The van der Waals surface area contributed by atoms with Crippen LogP contribution in [0.2, 0.25) is 0 Å². The third kappa shape index (κ3) is 2.72. The number of nitrogens with zero attached hydrogens (tertiary/aromatic N) is 2. The van der Waals surface area contributed by atoms with Gasteiger partial charge >= 0.3 is 0 Å². The highest BCUT2D eigenvalue weighted by Gasteiger charge is 2.26. The number of fused-ring (bicyclic) bond motifs is 3. The molecule has 0 saturated carbocycles. The third-order valence-electron chi connectivity index (χ3n) is 5.70. The lowest BCUT2D eigenvalue weighted by Gasteiger charge is -2.23. The molecule has 6 rings (SSSR count). The molecule has 0 unspecified atom stereocenters. The number of hydrogen-bond donors (Lipinski definition) is 1. The summed E-state index contributed by atoms with van der Waals surface area (Å²) in [6.45, 7) is 0.549. The van der Waals surface area contributed by atoms with Crippen molar-refractivity contribution in [2.24, 2.45) is 0 Å². The average Bonchev–Trinajstić information content (AvgIpc) is 3.44. The van der Waals surface area contributed by atoms with Gasteiger partial charge in [0.25, 0.3) is 0 Å². The Morgan fingerprint density at radius 3 is 3.00 bits per heavy atom. The Bertz CT molecular complexity index is 1390. The van der Waals surface area contributed by atoms with E-state index in [2.05, 4.69) is 22.1 Å². The fourth-order valence-corrected chi connectivity index (χ4v) is 4.16. The first kappa shape index (κ1) is 17.1. The monoisotopic (exact) mass is 397 g/mol. The molecule has 3 aromatic heterocycles. The second kappa shape index (κ2) is 6.62. The molecule has 6 nitrogen and oxygen atoms in total. The maximum absolute atomic E-state index is 6.10. The molecule has 148 valence electrons. The van der Waals surface area contributed by atoms with Crippen LogP contribution in [0, 0.1) is 0 Å². The van der Waals surface area contributed by atoms with Crippen LogP contribution in [-0.2, 0) is 6.42 Å². The molecule has 0 amide bonds. The van der Waals surface area contributed by atoms with Crippen molar-refractivity contribution in [1.29, 1.82) is 0 Å². The Labute approximate surface area is 172 Å². The van der Waals surface area contributed by atoms with Gasteiger partial charge in [-0.15, -0.1) is 0 Å². The largest absolute Gasteiger partial charge is 0.497 e. The Balaban J connectivity index is 1.36. The lowest BCUT2D eigenvalue weighted by molar-refractivity contribution is 0.243. The van der Waals surface area contributed by atoms with E-state index in [0.717, 1.165) is 56.7 Å². The van der Waals surface area contributed by atoms with Crippen LogP contribution in [0.4, 0.5) is 0 Å². The molecule has 0 spiro atoms. The summed E-state index contributed by atoms with van der Waals surface area (Å²) >= 11 is 0. The first-order valence-electron chi connectivity index (χ1n) is 9.91. The molecule has 1 N–H and O–H groups in total. The van der Waals surface area contributed by atoms with Crippen molar-refractivity contribution in [3.8, 4) is 22.6 Å². The summed E-state index contributed by atoms with van der Waals surface area (Å²) in [5.74, 6) is 2.50. The van der Waals surface area contributed by atoms with E-state index in [1.807, 2.05) is 48.8 Å². The van der Waals surface area contributed by atoms with Crippen molar-refractivity contribution in [1.82, 2.24) is 15.0 Å². The lowest BCUT2D eigenvalue weighted by Crippen LogP contribution is -2.19. The van der Waals surface area contributed by atoms with Crippen LogP contribution in [0.15, 0.2) is 65.3 Å². The molecule has 0 aliphatic carbocycles. The van der Waals surface area contributed by atoms with Crippen LogP contribution in [-0.4, -0.2) is 28.7 Å². The Kier molecular flexibility index (Phi) is 3.77. The summed E-state index contributed by atoms with van der Waals surface area (Å²) in [5, 5.41) is 1.09. The SMILES string of the molecule is COc1ccc2c(c1)C[C@H](c1nc3cc(-c4ccnc5[nH]ccc45)ccc3o1)CO2. The predicted molar refractivity (Wildman–Crippen MR) is 114 cm³/mol. The third-order valence-corrected chi connectivity index (χ3v) is 5.70. The molecule has 0 radical (unpaired) electrons. The van der Waals surface area contributed by atoms with E-state index in [4.69, 9.17) is 18.9 Å². The standard InChI is InChI=1S/C24H19N3O3/c1-28-17-3-5-21-15(11-17)10-16(13-29-21)24-27-20-12-14(2-4-22(20)30-24)18-6-8-25-23-19(18)7-9-26-23/h2-9,11-12,16H,10,13H2,1H3,(H,25,26)/t16-/m0/s1. The summed E-state index contributed by atoms with van der Waals surface area (Å²) in [7, 11) is 1.67. The van der Waals surface area contributed by atoms with Crippen molar-refractivity contribution in [2.75, 3.05) is 13.7 Å². The van der Waals surface area contributed by atoms with E-state index in [1.165, 1.54) is 0 Å². The van der Waals surface area contributed by atoms with Crippen LogP contribution < -0.4 is 9.47 Å². The van der Waals surface area contributed by atoms with E-state index < -0.39 is 0 Å². The van der Waals surface area contributed by atoms with E-state index >= 15 is 0 Å². The summed E-state index contributed by atoms with van der Waals surface area (Å²) in [6.07, 6.45) is 4.53. The summed E-state index contributed by atoms with van der Waals surface area (Å²) in [5.41, 5.74) is 5.82. The fraction of sp³-hybridized carbons (Fsp3) is 0.167. The quantitative estimate of drug-likeness (QED) is 0.459. The zero-order valence-electron chi connectivity index (χ0n) is 16.4. The van der Waals surface area contributed by atoms with Gasteiger partial charge in [0.15, 0.2) is 5.58 Å². The molecule has 1 atom stereocenters. The number of methoxy groups -OCH3 is 1. The van der Waals surface area contributed by atoms with E-state index in [9.17, 15) is 0 Å². The van der Waals surface area contributed by atoms with Crippen LogP contribution in [0.25, 0.3) is 33.3 Å². The fourth-order valence-electron chi connectivity index (χ4n) is 4.16. The van der Waals surface area contributed by atoms with Gasteiger partial charge in [-0.1, -0.05) is 6.07 Å². The molecule has 0 bridgehead atoms. The first-order chi connectivity index (χ1) is 14.8. The summed E-state index contributed by atoms with van der Waals surface area (Å²) in [6, 6.07) is 16.1. The number of aromatic amines is 1. The second-order valence-electron chi connectivity index (χ2n) is 7.52. The minimum absolute atomic E-state index is 0.0674. The zero-order valence-corrected chi connectivity index (χ0v) is 16.4. The highest BCUT2D eigenvalue weighted by molar-refractivity contribution is 5.94. The van der Waals surface area contributed by atoms with Crippen molar-refractivity contribution in [3.05, 3.63) is 72.4 Å². The van der Waals surface area contributed by atoms with Gasteiger partial charge in [-0.05, 0) is 65.6 Å². The number of benzene rings is 2. The highest BCUT2D eigenvalue weighted by atomic mass is 16.5. The lowest BCUT2D eigenvalue weighted by atomic mass is 9.96. The number of oxazole rings is 1. The smallest absolute Gasteiger partial charge is 0.202 e. The molecule has 1 aliphatic heterocycles. The molecule has 2 aromatic carbocycles. The van der Waals surface area contributed by atoms with Gasteiger partial charge in [0.05, 0.1) is 13.0 Å². The second-order valence-corrected chi connectivity index (χ2v) is 7.52. The summed E-state index contributed by atoms with van der Waals surface area (Å²) in [4.78, 5) is 12.3. The highest BCUT2D eigenvalue weighted by Crippen LogP contribution is 2.36. The van der Waals surface area contributed by atoms with Crippen molar-refractivity contribution < 1.29 is 13.9 Å². The number of aromatic nitrogens is 3. The molecule has 30 heavy (non-hydrogen) atoms. The minimum Gasteiger partial charge on any atom is -0.497 e. The molecular formula is C24H19N3O3. The van der Waals surface area contributed by atoms with Crippen LogP contribution in [0.3, 0.4) is 0 Å². The number of H-pyrrole nitrogens is 1. The van der Waals surface area contributed by atoms with Gasteiger partial charge in [0.1, 0.15) is 29.3 Å². The van der Waals surface area contributed by atoms with Gasteiger partial charge in [-0.2, -0.15) is 0 Å². The molecule has 1 aliphatic rings. The van der Waals surface area contributed by atoms with E-state index in [1.54, 1.807) is 7.11 Å². The Morgan fingerprint density at radius 1 is 1.10 bits per heavy atom. The number of rotatable bonds is 3. The normalized spacial score (nSPS) is 15.8. The van der Waals surface area contributed by atoms with Gasteiger partial charge in [-0.3, -0.25) is 0 Å². The average molecular weight is 397 g/mol. The molecule has 0 fully saturated rings. The van der Waals surface area contributed by atoms with Crippen molar-refractivity contribution in [2.45, 2.75) is 12.3 Å². The molecule has 5 aromatic rings. The molecule has 6 heteroatoms. The predicted octanol–water partition coefficient (Wildman–Crippen LogP) is 5.10. The van der Waals surface area contributed by atoms with Gasteiger partial charge in [0.2, 0.25) is 5.89 Å². The zero-order chi connectivity index (χ0) is 20.1. The minimum atomic E-state index is 0.0674.